The number of rotatable bonds is 7. The summed E-state index contributed by atoms with van der Waals surface area (Å²) in [6.45, 7) is 1.24. The van der Waals surface area contributed by atoms with E-state index in [-0.39, 0.29) is 5.82 Å². The fraction of sp³-hybridized carbons (Fsp3) is 0.375. The minimum atomic E-state index is -0.272. The molecule has 2 aromatic rings. The standard InChI is InChI=1S/C16H18FNOS/c17-15-10-12(11-18-13-4-5-13)3-6-16(15)19-8-7-14-2-1-9-20-14/h1-3,6,9-10,13,18H,4-5,7-8,11H2. The Labute approximate surface area is 122 Å². The van der Waals surface area contributed by atoms with Gasteiger partial charge in [0.2, 0.25) is 0 Å². The van der Waals surface area contributed by atoms with E-state index in [1.807, 2.05) is 17.5 Å². The van der Waals surface area contributed by atoms with Gasteiger partial charge >= 0.3 is 0 Å². The van der Waals surface area contributed by atoms with Crippen LogP contribution in [0.2, 0.25) is 0 Å². The van der Waals surface area contributed by atoms with Crippen LogP contribution in [-0.2, 0) is 13.0 Å². The molecule has 0 unspecified atom stereocenters. The molecule has 0 amide bonds. The Morgan fingerprint density at radius 2 is 2.20 bits per heavy atom. The van der Waals surface area contributed by atoms with Crippen molar-refractivity contribution in [2.75, 3.05) is 6.61 Å². The number of ether oxygens (including phenoxy) is 1. The lowest BCUT2D eigenvalue weighted by atomic mass is 10.2. The van der Waals surface area contributed by atoms with Crippen LogP contribution in [0, 0.1) is 5.82 Å². The van der Waals surface area contributed by atoms with Crippen LogP contribution in [0.3, 0.4) is 0 Å². The summed E-state index contributed by atoms with van der Waals surface area (Å²) in [7, 11) is 0. The average molecular weight is 291 g/mol. The second-order valence-electron chi connectivity index (χ2n) is 5.10. The second kappa shape index (κ2) is 6.37. The Balaban J connectivity index is 1.50. The molecule has 4 heteroatoms. The van der Waals surface area contributed by atoms with Crippen molar-refractivity contribution in [1.29, 1.82) is 0 Å². The molecule has 0 bridgehead atoms. The molecule has 2 nitrogen and oxygen atoms in total. The van der Waals surface area contributed by atoms with Gasteiger partial charge in [-0.2, -0.15) is 0 Å². The quantitative estimate of drug-likeness (QED) is 0.838. The number of hydrogen-bond donors (Lipinski definition) is 1. The van der Waals surface area contributed by atoms with Crippen LogP contribution in [0.4, 0.5) is 4.39 Å². The minimum Gasteiger partial charge on any atom is -0.490 e. The Morgan fingerprint density at radius 1 is 1.30 bits per heavy atom. The number of halogens is 1. The highest BCUT2D eigenvalue weighted by molar-refractivity contribution is 7.09. The summed E-state index contributed by atoms with van der Waals surface area (Å²) < 4.78 is 19.4. The van der Waals surface area contributed by atoms with Crippen molar-refractivity contribution in [1.82, 2.24) is 5.32 Å². The Hall–Kier alpha value is -1.39. The Bertz CT molecular complexity index is 552. The van der Waals surface area contributed by atoms with E-state index in [0.717, 1.165) is 18.5 Å². The number of thiophene rings is 1. The first-order chi connectivity index (χ1) is 9.81. The van der Waals surface area contributed by atoms with E-state index in [2.05, 4.69) is 11.4 Å². The van der Waals surface area contributed by atoms with Gasteiger partial charge in [0.1, 0.15) is 0 Å². The van der Waals surface area contributed by atoms with Crippen molar-refractivity contribution < 1.29 is 9.13 Å². The van der Waals surface area contributed by atoms with Gasteiger partial charge in [-0.1, -0.05) is 12.1 Å². The predicted octanol–water partition coefficient (Wildman–Crippen LogP) is 3.76. The SMILES string of the molecule is Fc1cc(CNC2CC2)ccc1OCCc1cccs1. The van der Waals surface area contributed by atoms with Crippen LogP contribution in [0.1, 0.15) is 23.3 Å². The number of nitrogens with one attached hydrogen (secondary N) is 1. The lowest BCUT2D eigenvalue weighted by Gasteiger charge is -2.09. The third kappa shape index (κ3) is 3.81. The lowest BCUT2D eigenvalue weighted by Crippen LogP contribution is -2.15. The molecule has 1 aromatic heterocycles. The van der Waals surface area contributed by atoms with Crippen molar-refractivity contribution in [3.8, 4) is 5.75 Å². The van der Waals surface area contributed by atoms with Gasteiger partial charge in [-0.25, -0.2) is 4.39 Å². The molecule has 3 rings (SSSR count). The summed E-state index contributed by atoms with van der Waals surface area (Å²) in [5.41, 5.74) is 0.972. The molecule has 106 valence electrons. The van der Waals surface area contributed by atoms with Gasteiger partial charge in [0, 0.05) is 23.9 Å². The molecular weight excluding hydrogens is 273 g/mol. The van der Waals surface area contributed by atoms with Gasteiger partial charge in [-0.15, -0.1) is 11.3 Å². The first kappa shape index (κ1) is 13.6. The third-order valence-electron chi connectivity index (χ3n) is 3.35. The average Bonchev–Trinajstić information content (AvgIpc) is 3.14. The summed E-state index contributed by atoms with van der Waals surface area (Å²) in [4.78, 5) is 1.26. The molecule has 20 heavy (non-hydrogen) atoms. The van der Waals surface area contributed by atoms with Gasteiger partial charge in [0.15, 0.2) is 11.6 Å². The fourth-order valence-corrected chi connectivity index (χ4v) is 2.73. The van der Waals surface area contributed by atoms with Gasteiger partial charge in [0.25, 0.3) is 0 Å². The van der Waals surface area contributed by atoms with Crippen molar-refractivity contribution in [2.24, 2.45) is 0 Å². The van der Waals surface area contributed by atoms with Crippen molar-refractivity contribution >= 4 is 11.3 Å². The summed E-state index contributed by atoms with van der Waals surface area (Å²) in [5, 5.41) is 5.41. The molecule has 1 heterocycles. The van der Waals surface area contributed by atoms with Gasteiger partial charge in [-0.05, 0) is 42.0 Å². The van der Waals surface area contributed by atoms with Crippen LogP contribution >= 0.6 is 11.3 Å². The maximum absolute atomic E-state index is 13.9. The second-order valence-corrected chi connectivity index (χ2v) is 6.13. The van der Waals surface area contributed by atoms with E-state index in [0.29, 0.717) is 18.4 Å². The zero-order chi connectivity index (χ0) is 13.8. The summed E-state index contributed by atoms with van der Waals surface area (Å²) >= 11 is 1.70. The summed E-state index contributed by atoms with van der Waals surface area (Å²) in [5.74, 6) is 0.0722. The predicted molar refractivity (Wildman–Crippen MR) is 79.8 cm³/mol. The first-order valence-corrected chi connectivity index (χ1v) is 7.86. The molecule has 1 aliphatic carbocycles. The van der Waals surface area contributed by atoms with Gasteiger partial charge in [0.05, 0.1) is 6.61 Å². The maximum atomic E-state index is 13.9. The van der Waals surface area contributed by atoms with E-state index in [1.165, 1.54) is 17.7 Å². The molecule has 0 aliphatic heterocycles. The summed E-state index contributed by atoms with van der Waals surface area (Å²) in [6.07, 6.45) is 3.31. The van der Waals surface area contributed by atoms with E-state index < -0.39 is 0 Å². The van der Waals surface area contributed by atoms with Crippen LogP contribution in [-0.4, -0.2) is 12.6 Å². The largest absolute Gasteiger partial charge is 0.490 e. The van der Waals surface area contributed by atoms with Crippen LogP contribution < -0.4 is 10.1 Å². The normalized spacial score (nSPS) is 14.4. The smallest absolute Gasteiger partial charge is 0.165 e. The molecule has 1 aromatic carbocycles. The molecule has 1 fully saturated rings. The van der Waals surface area contributed by atoms with Crippen molar-refractivity contribution in [2.45, 2.75) is 31.8 Å². The van der Waals surface area contributed by atoms with E-state index in [4.69, 9.17) is 4.74 Å². The zero-order valence-electron chi connectivity index (χ0n) is 11.3. The van der Waals surface area contributed by atoms with Crippen LogP contribution in [0.15, 0.2) is 35.7 Å². The highest BCUT2D eigenvalue weighted by atomic mass is 32.1. The topological polar surface area (TPSA) is 21.3 Å². The third-order valence-corrected chi connectivity index (χ3v) is 4.29. The zero-order valence-corrected chi connectivity index (χ0v) is 12.1. The van der Waals surface area contributed by atoms with Gasteiger partial charge in [-0.3, -0.25) is 0 Å². The van der Waals surface area contributed by atoms with Crippen LogP contribution in [0.25, 0.3) is 0 Å². The molecule has 1 saturated carbocycles. The summed E-state index contributed by atoms with van der Waals surface area (Å²) in [6, 6.07) is 9.95. The first-order valence-electron chi connectivity index (χ1n) is 6.98. The van der Waals surface area contributed by atoms with Gasteiger partial charge < -0.3 is 10.1 Å². The molecule has 0 atom stereocenters. The van der Waals surface area contributed by atoms with Crippen molar-refractivity contribution in [3.63, 3.8) is 0 Å². The molecular formula is C16H18FNOS. The lowest BCUT2D eigenvalue weighted by molar-refractivity contribution is 0.306. The highest BCUT2D eigenvalue weighted by Crippen LogP contribution is 2.22. The van der Waals surface area contributed by atoms with E-state index in [9.17, 15) is 4.39 Å². The molecule has 0 radical (unpaired) electrons. The van der Waals surface area contributed by atoms with Crippen LogP contribution in [0.5, 0.6) is 5.75 Å². The van der Waals surface area contributed by atoms with Crippen molar-refractivity contribution in [3.05, 3.63) is 52.0 Å². The fourth-order valence-electron chi connectivity index (χ4n) is 2.04. The van der Waals surface area contributed by atoms with E-state index >= 15 is 0 Å². The molecule has 0 saturated heterocycles. The monoisotopic (exact) mass is 291 g/mol. The molecule has 0 spiro atoms. The number of benzene rings is 1. The maximum Gasteiger partial charge on any atom is 0.165 e. The molecule has 1 N–H and O–H groups in total. The Kier molecular flexibility index (Phi) is 4.33. The minimum absolute atomic E-state index is 0.272. The highest BCUT2D eigenvalue weighted by Gasteiger charge is 2.20. The Morgan fingerprint density at radius 3 is 2.90 bits per heavy atom. The molecule has 1 aliphatic rings. The van der Waals surface area contributed by atoms with E-state index in [1.54, 1.807) is 23.5 Å². The number of hydrogen-bond acceptors (Lipinski definition) is 3.